The molecule has 3 aromatic rings. The maximum atomic E-state index is 13.7. The van der Waals surface area contributed by atoms with Crippen molar-refractivity contribution < 1.29 is 29.3 Å². The number of aromatic nitrogens is 2. The third kappa shape index (κ3) is 6.79. The average molecular weight is 553 g/mol. The van der Waals surface area contributed by atoms with Gasteiger partial charge < -0.3 is 25.2 Å². The van der Waals surface area contributed by atoms with E-state index in [0.717, 1.165) is 11.4 Å². The molecule has 2 amide bonds. The summed E-state index contributed by atoms with van der Waals surface area (Å²) >= 11 is 1.30. The molecule has 3 atom stereocenters. The highest BCUT2D eigenvalue weighted by atomic mass is 32.1. The first-order valence-electron chi connectivity index (χ1n) is 12.7. The van der Waals surface area contributed by atoms with Crippen molar-refractivity contribution in [2.75, 3.05) is 6.54 Å². The predicted molar refractivity (Wildman–Crippen MR) is 144 cm³/mol. The van der Waals surface area contributed by atoms with E-state index in [0.29, 0.717) is 41.2 Å². The molecule has 3 unspecified atom stereocenters. The number of likely N-dealkylation sites (tertiary alicyclic amines) is 1. The lowest BCUT2D eigenvalue weighted by Crippen LogP contribution is -2.49. The van der Waals surface area contributed by atoms with Gasteiger partial charge in [0.15, 0.2) is 0 Å². The number of benzene rings is 1. The molecule has 0 radical (unpaired) electrons. The topological polar surface area (TPSA) is 142 Å². The Labute approximate surface area is 230 Å². The first kappa shape index (κ1) is 28.2. The number of amides is 2. The SMILES string of the molecule is Cc1nc(C)c(COC(=O)C2CCCN2C(=O)C(NC(=O)C(O)Cc2ccc(O)cc2)c2cccs2)nc1C. The van der Waals surface area contributed by atoms with E-state index >= 15 is 0 Å². The zero-order valence-corrected chi connectivity index (χ0v) is 22.9. The molecule has 1 saturated heterocycles. The number of hydrogen-bond donors (Lipinski definition) is 3. The molecule has 39 heavy (non-hydrogen) atoms. The van der Waals surface area contributed by atoms with Crippen molar-refractivity contribution in [3.8, 4) is 5.75 Å². The minimum Gasteiger partial charge on any atom is -0.508 e. The Hall–Kier alpha value is -3.83. The third-order valence-corrected chi connectivity index (χ3v) is 7.70. The molecule has 3 heterocycles. The van der Waals surface area contributed by atoms with E-state index in [2.05, 4.69) is 15.3 Å². The van der Waals surface area contributed by atoms with Gasteiger partial charge in [-0.05, 0) is 62.8 Å². The highest BCUT2D eigenvalue weighted by Crippen LogP contribution is 2.27. The van der Waals surface area contributed by atoms with Crippen molar-refractivity contribution in [3.05, 3.63) is 75.0 Å². The maximum absolute atomic E-state index is 13.7. The van der Waals surface area contributed by atoms with Gasteiger partial charge in [-0.3, -0.25) is 19.6 Å². The lowest BCUT2D eigenvalue weighted by molar-refractivity contribution is -0.155. The van der Waals surface area contributed by atoms with Crippen molar-refractivity contribution in [1.82, 2.24) is 20.2 Å². The number of ether oxygens (including phenoxy) is 1. The number of nitrogens with zero attached hydrogens (tertiary/aromatic N) is 3. The molecular formula is C28H32N4O6S. The van der Waals surface area contributed by atoms with E-state index in [4.69, 9.17) is 4.74 Å². The molecule has 0 saturated carbocycles. The number of carbonyl (C=O) groups is 3. The number of phenols is 1. The van der Waals surface area contributed by atoms with Crippen LogP contribution in [0.2, 0.25) is 0 Å². The van der Waals surface area contributed by atoms with Crippen LogP contribution < -0.4 is 5.32 Å². The molecule has 1 aliphatic heterocycles. The van der Waals surface area contributed by atoms with Crippen LogP contribution >= 0.6 is 11.3 Å². The largest absolute Gasteiger partial charge is 0.508 e. The second-order valence-electron chi connectivity index (χ2n) is 9.57. The minimum atomic E-state index is -1.41. The van der Waals surface area contributed by atoms with Crippen molar-refractivity contribution in [3.63, 3.8) is 0 Å². The zero-order chi connectivity index (χ0) is 28.1. The molecule has 10 nitrogen and oxygen atoms in total. The Bertz CT molecular complexity index is 1330. The van der Waals surface area contributed by atoms with Gasteiger partial charge in [0.1, 0.15) is 30.5 Å². The number of hydrogen-bond acceptors (Lipinski definition) is 9. The van der Waals surface area contributed by atoms with E-state index in [1.807, 2.05) is 13.8 Å². The smallest absolute Gasteiger partial charge is 0.329 e. The van der Waals surface area contributed by atoms with E-state index in [-0.39, 0.29) is 18.8 Å². The summed E-state index contributed by atoms with van der Waals surface area (Å²) in [6.07, 6.45) is -0.345. The number of phenolic OH excluding ortho intramolecular Hbond substituents is 1. The van der Waals surface area contributed by atoms with E-state index < -0.39 is 36.0 Å². The number of aromatic hydroxyl groups is 1. The van der Waals surface area contributed by atoms with Gasteiger partial charge in [-0.25, -0.2) is 4.79 Å². The summed E-state index contributed by atoms with van der Waals surface area (Å²) in [5, 5.41) is 24.4. The summed E-state index contributed by atoms with van der Waals surface area (Å²) in [4.78, 5) is 50.6. The van der Waals surface area contributed by atoms with E-state index in [9.17, 15) is 24.6 Å². The number of rotatable bonds is 9. The van der Waals surface area contributed by atoms with Crippen LogP contribution in [-0.4, -0.2) is 61.6 Å². The molecule has 1 aliphatic rings. The van der Waals surface area contributed by atoms with Crippen LogP contribution in [0.25, 0.3) is 0 Å². The molecule has 1 aromatic carbocycles. The second kappa shape index (κ2) is 12.4. The van der Waals surface area contributed by atoms with Crippen LogP contribution in [0, 0.1) is 20.8 Å². The monoisotopic (exact) mass is 552 g/mol. The van der Waals surface area contributed by atoms with Crippen LogP contribution in [-0.2, 0) is 32.1 Å². The Balaban J connectivity index is 1.44. The molecule has 206 valence electrons. The maximum Gasteiger partial charge on any atom is 0.329 e. The minimum absolute atomic E-state index is 0.0108. The van der Waals surface area contributed by atoms with Crippen molar-refractivity contribution in [2.45, 2.75) is 64.8 Å². The number of thiophene rings is 1. The van der Waals surface area contributed by atoms with Crippen LogP contribution in [0.1, 0.15) is 52.1 Å². The summed E-state index contributed by atoms with van der Waals surface area (Å²) in [6.45, 7) is 5.80. The first-order valence-corrected chi connectivity index (χ1v) is 13.6. The standard InChI is InChI=1S/C28H32N4O6S/c1-16-17(2)30-21(18(3)29-16)15-38-28(37)22-6-4-12-32(22)27(36)25(24-7-5-13-39-24)31-26(35)23(34)14-19-8-10-20(33)11-9-19/h5,7-11,13,22-23,25,33-34H,4,6,12,14-15H2,1-3H3,(H,31,35). The fraction of sp³-hybridized carbons (Fsp3) is 0.393. The lowest BCUT2D eigenvalue weighted by atomic mass is 10.1. The van der Waals surface area contributed by atoms with Gasteiger partial charge in [0.05, 0.1) is 22.8 Å². The fourth-order valence-corrected chi connectivity index (χ4v) is 5.24. The fourth-order valence-electron chi connectivity index (χ4n) is 4.47. The van der Waals surface area contributed by atoms with Crippen LogP contribution in [0.4, 0.5) is 0 Å². The Morgan fingerprint density at radius 1 is 1.10 bits per heavy atom. The molecule has 4 rings (SSSR count). The number of esters is 1. The summed E-state index contributed by atoms with van der Waals surface area (Å²) in [6, 6.07) is 7.80. The van der Waals surface area contributed by atoms with Gasteiger partial charge in [-0.2, -0.15) is 0 Å². The molecule has 0 bridgehead atoms. The number of aliphatic hydroxyl groups is 1. The van der Waals surface area contributed by atoms with E-state index in [1.54, 1.807) is 36.6 Å². The van der Waals surface area contributed by atoms with Gasteiger partial charge in [0.2, 0.25) is 5.91 Å². The van der Waals surface area contributed by atoms with Crippen LogP contribution in [0.5, 0.6) is 5.75 Å². The average Bonchev–Trinajstić information content (AvgIpc) is 3.62. The zero-order valence-electron chi connectivity index (χ0n) is 22.1. The van der Waals surface area contributed by atoms with Gasteiger partial charge in [-0.15, -0.1) is 11.3 Å². The molecule has 3 N–H and O–H groups in total. The summed E-state index contributed by atoms with van der Waals surface area (Å²) in [7, 11) is 0. The molecule has 2 aromatic heterocycles. The summed E-state index contributed by atoms with van der Waals surface area (Å²) < 4.78 is 5.55. The van der Waals surface area contributed by atoms with E-state index in [1.165, 1.54) is 28.4 Å². The molecule has 0 aliphatic carbocycles. The van der Waals surface area contributed by atoms with Crippen molar-refractivity contribution in [1.29, 1.82) is 0 Å². The Morgan fingerprint density at radius 2 is 1.82 bits per heavy atom. The quantitative estimate of drug-likeness (QED) is 0.344. The Morgan fingerprint density at radius 3 is 2.51 bits per heavy atom. The number of aryl methyl sites for hydroxylation is 3. The lowest BCUT2D eigenvalue weighted by Gasteiger charge is -2.28. The van der Waals surface area contributed by atoms with Crippen LogP contribution in [0.15, 0.2) is 41.8 Å². The highest BCUT2D eigenvalue weighted by Gasteiger charge is 2.40. The number of nitrogens with one attached hydrogen (secondary N) is 1. The molecule has 1 fully saturated rings. The second-order valence-corrected chi connectivity index (χ2v) is 10.5. The van der Waals surface area contributed by atoms with Crippen molar-refractivity contribution >= 4 is 29.1 Å². The normalized spacial score (nSPS) is 16.5. The van der Waals surface area contributed by atoms with Gasteiger partial charge in [0.25, 0.3) is 5.91 Å². The Kier molecular flexibility index (Phi) is 8.93. The van der Waals surface area contributed by atoms with Gasteiger partial charge >= 0.3 is 5.97 Å². The number of carbonyl (C=O) groups excluding carboxylic acids is 3. The predicted octanol–water partition coefficient (Wildman–Crippen LogP) is 2.66. The molecular weight excluding hydrogens is 520 g/mol. The van der Waals surface area contributed by atoms with Gasteiger partial charge in [0, 0.05) is 17.8 Å². The summed E-state index contributed by atoms with van der Waals surface area (Å²) in [5.41, 5.74) is 3.46. The van der Waals surface area contributed by atoms with Gasteiger partial charge in [-0.1, -0.05) is 18.2 Å². The highest BCUT2D eigenvalue weighted by molar-refractivity contribution is 7.10. The molecule has 0 spiro atoms. The van der Waals surface area contributed by atoms with Crippen molar-refractivity contribution in [2.24, 2.45) is 0 Å². The third-order valence-electron chi connectivity index (χ3n) is 6.77. The molecule has 11 heteroatoms. The first-order chi connectivity index (χ1) is 18.6. The van der Waals surface area contributed by atoms with Crippen LogP contribution in [0.3, 0.4) is 0 Å². The number of aliphatic hydroxyl groups excluding tert-OH is 1. The summed E-state index contributed by atoms with van der Waals surface area (Å²) in [5.74, 6) is -1.61.